The zero-order chi connectivity index (χ0) is 18.7. The average Bonchev–Trinajstić information content (AvgIpc) is 2.95. The van der Waals surface area contributed by atoms with Gasteiger partial charge >= 0.3 is 5.97 Å². The van der Waals surface area contributed by atoms with E-state index < -0.39 is 11.9 Å². The van der Waals surface area contributed by atoms with Crippen LogP contribution in [0.1, 0.15) is 39.7 Å². The summed E-state index contributed by atoms with van der Waals surface area (Å²) in [5.74, 6) is -0.386. The van der Waals surface area contributed by atoms with Crippen molar-refractivity contribution in [3.63, 3.8) is 0 Å². The van der Waals surface area contributed by atoms with Crippen LogP contribution in [0.2, 0.25) is 0 Å². The van der Waals surface area contributed by atoms with Gasteiger partial charge in [0.05, 0.1) is 11.1 Å². The Hall–Kier alpha value is -1.92. The molecule has 0 aliphatic heterocycles. The Morgan fingerprint density at radius 1 is 1.42 bits per heavy atom. The summed E-state index contributed by atoms with van der Waals surface area (Å²) in [6.07, 6.45) is 2.86. The number of nitrogens with one attached hydrogen (secondary N) is 1. The lowest BCUT2D eigenvalue weighted by Crippen LogP contribution is -2.21. The summed E-state index contributed by atoms with van der Waals surface area (Å²) in [5.41, 5.74) is 2.04. The van der Waals surface area contributed by atoms with Gasteiger partial charge in [-0.15, -0.1) is 11.3 Å². The highest BCUT2D eigenvalue weighted by molar-refractivity contribution is 14.1. The summed E-state index contributed by atoms with van der Waals surface area (Å²) >= 11 is 3.50. The Morgan fingerprint density at radius 3 is 2.92 bits per heavy atom. The molecule has 7 heteroatoms. The SMILES string of the molecule is CC1CCc2c(sc(NC(=O)COC(=O)c3ccccc3I)c2C#N)C1. The molecule has 1 N–H and O–H groups in total. The quantitative estimate of drug-likeness (QED) is 0.527. The summed E-state index contributed by atoms with van der Waals surface area (Å²) in [4.78, 5) is 25.4. The number of nitriles is 1. The minimum atomic E-state index is -0.537. The molecule has 1 aromatic heterocycles. The number of nitrogens with zero attached hydrogens (tertiary/aromatic N) is 1. The molecule has 3 rings (SSSR count). The van der Waals surface area contributed by atoms with E-state index >= 15 is 0 Å². The third kappa shape index (κ3) is 4.07. The molecule has 134 valence electrons. The molecule has 0 radical (unpaired) electrons. The molecule has 0 saturated heterocycles. The highest BCUT2D eigenvalue weighted by Gasteiger charge is 2.25. The van der Waals surface area contributed by atoms with E-state index in [9.17, 15) is 14.9 Å². The molecule has 2 aromatic rings. The molecule has 0 fully saturated rings. The molecular formula is C19H17IN2O3S. The predicted molar refractivity (Wildman–Crippen MR) is 108 cm³/mol. The Bertz CT molecular complexity index is 901. The summed E-state index contributed by atoms with van der Waals surface area (Å²) in [7, 11) is 0. The summed E-state index contributed by atoms with van der Waals surface area (Å²) in [6.45, 7) is 1.81. The number of ether oxygens (including phenoxy) is 1. The van der Waals surface area contributed by atoms with Gasteiger partial charge in [-0.2, -0.15) is 5.26 Å². The zero-order valence-corrected chi connectivity index (χ0v) is 17.1. The number of benzene rings is 1. The predicted octanol–water partition coefficient (Wildman–Crippen LogP) is 4.14. The monoisotopic (exact) mass is 480 g/mol. The fourth-order valence-electron chi connectivity index (χ4n) is 2.96. The fraction of sp³-hybridized carbons (Fsp3) is 0.316. The highest BCUT2D eigenvalue weighted by atomic mass is 127. The maximum absolute atomic E-state index is 12.2. The Labute approximate surface area is 169 Å². The van der Waals surface area contributed by atoms with Gasteiger partial charge in [-0.3, -0.25) is 4.79 Å². The van der Waals surface area contributed by atoms with E-state index in [1.807, 2.05) is 28.7 Å². The lowest BCUT2D eigenvalue weighted by molar-refractivity contribution is -0.119. The third-order valence-corrected chi connectivity index (χ3v) is 6.42. The van der Waals surface area contributed by atoms with Gasteiger partial charge in [0.1, 0.15) is 11.1 Å². The van der Waals surface area contributed by atoms with E-state index in [0.29, 0.717) is 22.0 Å². The van der Waals surface area contributed by atoms with Crippen molar-refractivity contribution in [2.24, 2.45) is 5.92 Å². The van der Waals surface area contributed by atoms with Crippen molar-refractivity contribution in [1.29, 1.82) is 5.26 Å². The molecule has 26 heavy (non-hydrogen) atoms. The van der Waals surface area contributed by atoms with E-state index in [2.05, 4.69) is 18.3 Å². The van der Waals surface area contributed by atoms with E-state index in [1.54, 1.807) is 18.2 Å². The number of thiophene rings is 1. The van der Waals surface area contributed by atoms with Gasteiger partial charge < -0.3 is 10.1 Å². The van der Waals surface area contributed by atoms with Crippen LogP contribution in [0.4, 0.5) is 5.00 Å². The first-order valence-corrected chi connectivity index (χ1v) is 10.1. The number of hydrogen-bond donors (Lipinski definition) is 1. The molecule has 0 bridgehead atoms. The van der Waals surface area contributed by atoms with Crippen molar-refractivity contribution in [2.75, 3.05) is 11.9 Å². The zero-order valence-electron chi connectivity index (χ0n) is 14.2. The molecule has 1 unspecified atom stereocenters. The van der Waals surface area contributed by atoms with Crippen LogP contribution in [0, 0.1) is 20.8 Å². The summed E-state index contributed by atoms with van der Waals surface area (Å²) in [5, 5.41) is 12.7. The minimum Gasteiger partial charge on any atom is -0.452 e. The minimum absolute atomic E-state index is 0.381. The van der Waals surface area contributed by atoms with Crippen LogP contribution in [-0.2, 0) is 22.4 Å². The number of hydrogen-bond acceptors (Lipinski definition) is 5. The van der Waals surface area contributed by atoms with Crippen LogP contribution in [0.15, 0.2) is 24.3 Å². The Balaban J connectivity index is 1.65. The van der Waals surface area contributed by atoms with E-state index in [-0.39, 0.29) is 6.61 Å². The van der Waals surface area contributed by atoms with Crippen LogP contribution in [0.25, 0.3) is 0 Å². The average molecular weight is 480 g/mol. The number of esters is 1. The lowest BCUT2D eigenvalue weighted by Gasteiger charge is -2.17. The number of carbonyl (C=O) groups is 2. The van der Waals surface area contributed by atoms with Crippen LogP contribution < -0.4 is 5.32 Å². The molecule has 5 nitrogen and oxygen atoms in total. The van der Waals surface area contributed by atoms with Gasteiger partial charge in [0.15, 0.2) is 6.61 Å². The molecule has 1 aromatic carbocycles. The summed E-state index contributed by atoms with van der Waals surface area (Å²) < 4.78 is 5.87. The van der Waals surface area contributed by atoms with Crippen molar-refractivity contribution in [1.82, 2.24) is 0 Å². The number of rotatable bonds is 4. The lowest BCUT2D eigenvalue weighted by atomic mass is 9.89. The van der Waals surface area contributed by atoms with Gasteiger partial charge in [-0.25, -0.2) is 4.79 Å². The molecule has 1 aliphatic rings. The van der Waals surface area contributed by atoms with Crippen molar-refractivity contribution in [3.8, 4) is 6.07 Å². The first-order chi connectivity index (χ1) is 12.5. The van der Waals surface area contributed by atoms with Gasteiger partial charge in [0.25, 0.3) is 5.91 Å². The maximum atomic E-state index is 12.2. The van der Waals surface area contributed by atoms with Crippen LogP contribution in [-0.4, -0.2) is 18.5 Å². The van der Waals surface area contributed by atoms with Gasteiger partial charge in [-0.05, 0) is 65.5 Å². The Kier molecular flexibility index (Phi) is 5.94. The van der Waals surface area contributed by atoms with Crippen LogP contribution in [0.3, 0.4) is 0 Å². The number of anilines is 1. The van der Waals surface area contributed by atoms with E-state index in [0.717, 1.165) is 28.4 Å². The van der Waals surface area contributed by atoms with Crippen LogP contribution >= 0.6 is 33.9 Å². The molecule has 0 spiro atoms. The second kappa shape index (κ2) is 8.18. The molecule has 0 saturated carbocycles. The van der Waals surface area contributed by atoms with Crippen molar-refractivity contribution < 1.29 is 14.3 Å². The first-order valence-electron chi connectivity index (χ1n) is 8.25. The second-order valence-corrected chi connectivity index (χ2v) is 8.54. The smallest absolute Gasteiger partial charge is 0.339 e. The Morgan fingerprint density at radius 2 is 2.19 bits per heavy atom. The van der Waals surface area contributed by atoms with Crippen molar-refractivity contribution >= 4 is 50.8 Å². The second-order valence-electron chi connectivity index (χ2n) is 6.27. The summed E-state index contributed by atoms with van der Waals surface area (Å²) in [6, 6.07) is 9.24. The molecule has 1 heterocycles. The van der Waals surface area contributed by atoms with Crippen molar-refractivity contribution in [3.05, 3.63) is 49.4 Å². The highest BCUT2D eigenvalue weighted by Crippen LogP contribution is 2.39. The van der Waals surface area contributed by atoms with Gasteiger partial charge in [0.2, 0.25) is 0 Å². The number of fused-ring (bicyclic) bond motifs is 1. The normalized spacial score (nSPS) is 15.7. The molecule has 1 aliphatic carbocycles. The first kappa shape index (κ1) is 18.9. The topological polar surface area (TPSA) is 79.2 Å². The van der Waals surface area contributed by atoms with E-state index in [4.69, 9.17) is 4.74 Å². The largest absolute Gasteiger partial charge is 0.452 e. The number of amides is 1. The van der Waals surface area contributed by atoms with Crippen LogP contribution in [0.5, 0.6) is 0 Å². The number of halogens is 1. The maximum Gasteiger partial charge on any atom is 0.339 e. The molecule has 1 atom stereocenters. The van der Waals surface area contributed by atoms with Crippen molar-refractivity contribution in [2.45, 2.75) is 26.2 Å². The van der Waals surface area contributed by atoms with E-state index in [1.165, 1.54) is 16.2 Å². The third-order valence-electron chi connectivity index (χ3n) is 4.30. The van der Waals surface area contributed by atoms with Gasteiger partial charge in [0, 0.05) is 8.45 Å². The fourth-order valence-corrected chi connectivity index (χ4v) is 4.94. The van der Waals surface area contributed by atoms with Gasteiger partial charge in [-0.1, -0.05) is 19.1 Å². The molecule has 1 amide bonds. The number of carbonyl (C=O) groups excluding carboxylic acids is 2. The standard InChI is InChI=1S/C19H17IN2O3S/c1-11-6-7-12-14(9-21)18(26-16(12)8-11)22-17(23)10-25-19(24)13-4-2-3-5-15(13)20/h2-5,11H,6-8,10H2,1H3,(H,22,23). The molecular weight excluding hydrogens is 463 g/mol.